The summed E-state index contributed by atoms with van der Waals surface area (Å²) in [6, 6.07) is 2.70. The van der Waals surface area contributed by atoms with Gasteiger partial charge in [0.15, 0.2) is 5.75 Å². The van der Waals surface area contributed by atoms with E-state index in [0.717, 1.165) is 11.0 Å². The number of nitro groups is 1. The number of nitrogens with one attached hydrogen (secondary N) is 1. The lowest BCUT2D eigenvalue weighted by Gasteiger charge is -2.15. The number of aliphatic hydroxyl groups excluding tert-OH is 1. The minimum atomic E-state index is -0.569. The number of imide groups is 1. The first-order valence-electron chi connectivity index (χ1n) is 6.67. The lowest BCUT2D eigenvalue weighted by molar-refractivity contribution is -0.385. The molecule has 1 aromatic carbocycles. The number of carbonyl (C=O) groups is 2. The van der Waals surface area contributed by atoms with Gasteiger partial charge in [0.1, 0.15) is 5.70 Å². The molecule has 0 fully saturated rings. The maximum absolute atomic E-state index is 12.1. The van der Waals surface area contributed by atoms with Crippen LogP contribution in [-0.2, 0) is 9.59 Å². The third-order valence-electron chi connectivity index (χ3n) is 3.32. The zero-order chi connectivity index (χ0) is 17.1. The Labute approximate surface area is 131 Å². The molecule has 2 N–H and O–H groups in total. The standard InChI is InChI=1S/C14H15N3O6/c1-8-5-11(17(21)22)12(23-2)6-9(8)15-10-7-13(19)16(3-4-18)14(10)20/h5-7,15,18H,3-4H2,1-2H3. The van der Waals surface area contributed by atoms with Crippen molar-refractivity contribution in [1.82, 2.24) is 4.90 Å². The van der Waals surface area contributed by atoms with E-state index in [1.807, 2.05) is 0 Å². The normalized spacial score (nSPS) is 14.0. The van der Waals surface area contributed by atoms with Crippen molar-refractivity contribution in [3.63, 3.8) is 0 Å². The smallest absolute Gasteiger partial charge is 0.311 e. The molecule has 23 heavy (non-hydrogen) atoms. The van der Waals surface area contributed by atoms with E-state index in [4.69, 9.17) is 9.84 Å². The fourth-order valence-electron chi connectivity index (χ4n) is 2.17. The van der Waals surface area contributed by atoms with Gasteiger partial charge >= 0.3 is 5.69 Å². The number of aryl methyl sites for hydroxylation is 1. The lowest BCUT2D eigenvalue weighted by atomic mass is 10.1. The van der Waals surface area contributed by atoms with Gasteiger partial charge in [-0.1, -0.05) is 0 Å². The van der Waals surface area contributed by atoms with Crippen LogP contribution in [0.25, 0.3) is 0 Å². The minimum Gasteiger partial charge on any atom is -0.490 e. The Morgan fingerprint density at radius 3 is 2.65 bits per heavy atom. The molecule has 0 bridgehead atoms. The summed E-state index contributed by atoms with van der Waals surface area (Å²) in [5, 5.41) is 22.6. The average molecular weight is 321 g/mol. The van der Waals surface area contributed by atoms with Gasteiger partial charge in [-0.15, -0.1) is 0 Å². The molecule has 0 saturated heterocycles. The Bertz CT molecular complexity index is 713. The largest absolute Gasteiger partial charge is 0.490 e. The van der Waals surface area contributed by atoms with E-state index in [-0.39, 0.29) is 30.3 Å². The number of carbonyl (C=O) groups excluding carboxylic acids is 2. The zero-order valence-electron chi connectivity index (χ0n) is 12.5. The molecule has 0 unspecified atom stereocenters. The van der Waals surface area contributed by atoms with Crippen LogP contribution in [0.5, 0.6) is 5.75 Å². The van der Waals surface area contributed by atoms with E-state index in [0.29, 0.717) is 11.3 Å². The highest BCUT2D eigenvalue weighted by molar-refractivity contribution is 6.17. The highest BCUT2D eigenvalue weighted by Crippen LogP contribution is 2.33. The van der Waals surface area contributed by atoms with Crippen molar-refractivity contribution in [2.24, 2.45) is 0 Å². The van der Waals surface area contributed by atoms with Crippen molar-refractivity contribution in [2.45, 2.75) is 6.92 Å². The first kappa shape index (κ1) is 16.4. The molecule has 1 aliphatic rings. The summed E-state index contributed by atoms with van der Waals surface area (Å²) in [5.74, 6) is -1.06. The van der Waals surface area contributed by atoms with Gasteiger partial charge in [-0.3, -0.25) is 24.6 Å². The number of hydrogen-bond acceptors (Lipinski definition) is 7. The molecule has 122 valence electrons. The molecule has 0 saturated carbocycles. The highest BCUT2D eigenvalue weighted by Gasteiger charge is 2.31. The molecule has 1 aromatic rings. The van der Waals surface area contributed by atoms with Crippen molar-refractivity contribution in [3.05, 3.63) is 39.6 Å². The Hall–Kier alpha value is -2.94. The summed E-state index contributed by atoms with van der Waals surface area (Å²) in [5.41, 5.74) is 0.757. The predicted octanol–water partition coefficient (Wildman–Crippen LogP) is 0.569. The first-order valence-corrected chi connectivity index (χ1v) is 6.67. The Morgan fingerprint density at radius 2 is 2.09 bits per heavy atom. The number of amides is 2. The number of benzene rings is 1. The summed E-state index contributed by atoms with van der Waals surface area (Å²) in [6.07, 6.45) is 1.12. The van der Waals surface area contributed by atoms with Gasteiger partial charge in [0.25, 0.3) is 11.8 Å². The molecule has 9 nitrogen and oxygen atoms in total. The zero-order valence-corrected chi connectivity index (χ0v) is 12.5. The van der Waals surface area contributed by atoms with E-state index >= 15 is 0 Å². The van der Waals surface area contributed by atoms with Gasteiger partial charge in [0.05, 0.1) is 25.2 Å². The van der Waals surface area contributed by atoms with Gasteiger partial charge in [-0.25, -0.2) is 0 Å². The molecule has 0 atom stereocenters. The van der Waals surface area contributed by atoms with Crippen LogP contribution in [0.4, 0.5) is 11.4 Å². The SMILES string of the molecule is COc1cc(NC2=CC(=O)N(CCO)C2=O)c(C)cc1[N+](=O)[O-]. The van der Waals surface area contributed by atoms with E-state index < -0.39 is 16.7 Å². The predicted molar refractivity (Wildman–Crippen MR) is 79.9 cm³/mol. The number of β-amino-alcohol motifs (C(OH)–C–C–N with tert-alkyl or cyclic N) is 1. The maximum Gasteiger partial charge on any atom is 0.311 e. The summed E-state index contributed by atoms with van der Waals surface area (Å²) >= 11 is 0. The molecule has 2 amide bonds. The van der Waals surface area contributed by atoms with Crippen LogP contribution in [-0.4, -0.2) is 47.0 Å². The number of aliphatic hydroxyl groups is 1. The minimum absolute atomic E-state index is 0.0301. The molecule has 0 aliphatic carbocycles. The number of methoxy groups -OCH3 is 1. The number of nitro benzene ring substituents is 1. The van der Waals surface area contributed by atoms with Crippen molar-refractivity contribution in [3.8, 4) is 5.75 Å². The van der Waals surface area contributed by atoms with E-state index in [1.165, 1.54) is 19.2 Å². The quantitative estimate of drug-likeness (QED) is 0.446. The second kappa shape index (κ2) is 6.44. The summed E-state index contributed by atoms with van der Waals surface area (Å²) in [4.78, 5) is 35.1. The van der Waals surface area contributed by atoms with Crippen molar-refractivity contribution in [2.75, 3.05) is 25.6 Å². The average Bonchev–Trinajstić information content (AvgIpc) is 2.76. The fraction of sp³-hybridized carbons (Fsp3) is 0.286. The van der Waals surface area contributed by atoms with Crippen LogP contribution in [0.1, 0.15) is 5.56 Å². The number of rotatable bonds is 6. The lowest BCUT2D eigenvalue weighted by Crippen LogP contribution is -2.34. The Kier molecular flexibility index (Phi) is 4.60. The molecule has 0 radical (unpaired) electrons. The molecule has 2 rings (SSSR count). The summed E-state index contributed by atoms with van der Waals surface area (Å²) < 4.78 is 4.98. The number of hydrogen-bond donors (Lipinski definition) is 2. The molecule has 1 aliphatic heterocycles. The van der Waals surface area contributed by atoms with Gasteiger partial charge < -0.3 is 15.2 Å². The fourth-order valence-corrected chi connectivity index (χ4v) is 2.17. The topological polar surface area (TPSA) is 122 Å². The van der Waals surface area contributed by atoms with E-state index in [1.54, 1.807) is 6.92 Å². The van der Waals surface area contributed by atoms with Crippen LogP contribution in [0.15, 0.2) is 23.9 Å². The molecular weight excluding hydrogens is 306 g/mol. The molecule has 0 spiro atoms. The van der Waals surface area contributed by atoms with Crippen molar-refractivity contribution in [1.29, 1.82) is 0 Å². The summed E-state index contributed by atoms with van der Waals surface area (Å²) in [6.45, 7) is 1.20. The number of nitrogens with zero attached hydrogens (tertiary/aromatic N) is 2. The number of ether oxygens (including phenoxy) is 1. The van der Waals surface area contributed by atoms with Gasteiger partial charge in [-0.2, -0.15) is 0 Å². The van der Waals surface area contributed by atoms with Crippen LogP contribution < -0.4 is 10.1 Å². The third-order valence-corrected chi connectivity index (χ3v) is 3.32. The molecular formula is C14H15N3O6. The van der Waals surface area contributed by atoms with Gasteiger partial charge in [0.2, 0.25) is 0 Å². The highest BCUT2D eigenvalue weighted by atomic mass is 16.6. The number of anilines is 1. The molecule has 9 heteroatoms. The monoisotopic (exact) mass is 321 g/mol. The van der Waals surface area contributed by atoms with E-state index in [9.17, 15) is 19.7 Å². The first-order chi connectivity index (χ1) is 10.9. The van der Waals surface area contributed by atoms with Crippen LogP contribution in [0, 0.1) is 17.0 Å². The Balaban J connectivity index is 2.31. The third kappa shape index (κ3) is 3.14. The van der Waals surface area contributed by atoms with Gasteiger partial charge in [-0.05, 0) is 12.5 Å². The molecule has 0 aromatic heterocycles. The Morgan fingerprint density at radius 1 is 1.39 bits per heavy atom. The van der Waals surface area contributed by atoms with Crippen LogP contribution in [0.2, 0.25) is 0 Å². The summed E-state index contributed by atoms with van der Waals surface area (Å²) in [7, 11) is 1.30. The second-order valence-electron chi connectivity index (χ2n) is 4.80. The van der Waals surface area contributed by atoms with Crippen molar-refractivity contribution < 1.29 is 24.4 Å². The maximum atomic E-state index is 12.1. The second-order valence-corrected chi connectivity index (χ2v) is 4.80. The molecule has 1 heterocycles. The van der Waals surface area contributed by atoms with Gasteiger partial charge in [0, 0.05) is 23.9 Å². The van der Waals surface area contributed by atoms with Crippen molar-refractivity contribution >= 4 is 23.2 Å². The van der Waals surface area contributed by atoms with E-state index in [2.05, 4.69) is 5.32 Å². The van der Waals surface area contributed by atoms with Crippen LogP contribution in [0.3, 0.4) is 0 Å². The van der Waals surface area contributed by atoms with Crippen LogP contribution >= 0.6 is 0 Å².